The molecule has 1 atom stereocenters. The summed E-state index contributed by atoms with van der Waals surface area (Å²) in [5, 5.41) is 0. The van der Waals surface area contributed by atoms with Crippen molar-refractivity contribution in [3.05, 3.63) is 24.5 Å². The molecule has 3 heterocycles. The third-order valence-electron chi connectivity index (χ3n) is 4.88. The lowest BCUT2D eigenvalue weighted by Crippen LogP contribution is -2.65. The lowest BCUT2D eigenvalue weighted by atomic mass is 9.81. The molecule has 4 rings (SSSR count). The summed E-state index contributed by atoms with van der Waals surface area (Å²) in [5.74, 6) is 2.36. The van der Waals surface area contributed by atoms with Gasteiger partial charge in [0.05, 0.1) is 18.4 Å². The molecular formula is C16H22N2O2. The molecule has 0 amide bonds. The van der Waals surface area contributed by atoms with Crippen molar-refractivity contribution in [2.45, 2.75) is 24.9 Å². The van der Waals surface area contributed by atoms with Crippen LogP contribution in [0.15, 0.2) is 24.5 Å². The van der Waals surface area contributed by atoms with E-state index in [9.17, 15) is 0 Å². The maximum Gasteiger partial charge on any atom is 0.137 e. The molecule has 2 saturated heterocycles. The van der Waals surface area contributed by atoms with Crippen molar-refractivity contribution in [2.24, 2.45) is 11.8 Å². The molecule has 1 aromatic heterocycles. The molecule has 3 aliphatic rings. The summed E-state index contributed by atoms with van der Waals surface area (Å²) in [6.45, 7) is 5.12. The summed E-state index contributed by atoms with van der Waals surface area (Å²) in [7, 11) is 0. The number of likely N-dealkylation sites (tertiary alicyclic amines) is 1. The molecule has 0 N–H and O–H groups in total. The summed E-state index contributed by atoms with van der Waals surface area (Å²) in [5.41, 5.74) is 0.0805. The Bertz CT molecular complexity index is 455. The molecule has 0 radical (unpaired) electrons. The lowest BCUT2D eigenvalue weighted by Gasteiger charge is -2.50. The van der Waals surface area contributed by atoms with Gasteiger partial charge >= 0.3 is 0 Å². The summed E-state index contributed by atoms with van der Waals surface area (Å²) in [4.78, 5) is 6.64. The topological polar surface area (TPSA) is 34.6 Å². The fraction of sp³-hybridized carbons (Fsp3) is 0.688. The SMILES string of the molecule is c1cncc(OC[C@@H]2CCOC23CN(CC2CC2)C3)c1. The molecule has 0 aromatic carbocycles. The van der Waals surface area contributed by atoms with Gasteiger partial charge in [-0.25, -0.2) is 0 Å². The predicted octanol–water partition coefficient (Wildman–Crippen LogP) is 1.96. The van der Waals surface area contributed by atoms with Crippen molar-refractivity contribution in [3.8, 4) is 5.75 Å². The zero-order chi connectivity index (χ0) is 13.4. The van der Waals surface area contributed by atoms with Crippen LogP contribution in [0.4, 0.5) is 0 Å². The minimum Gasteiger partial charge on any atom is -0.492 e. The van der Waals surface area contributed by atoms with Crippen molar-refractivity contribution >= 4 is 0 Å². The molecule has 108 valence electrons. The smallest absolute Gasteiger partial charge is 0.137 e. The molecule has 4 nitrogen and oxygen atoms in total. The van der Waals surface area contributed by atoms with Crippen LogP contribution < -0.4 is 4.74 Å². The van der Waals surface area contributed by atoms with E-state index >= 15 is 0 Å². The van der Waals surface area contributed by atoms with Crippen LogP contribution in [0.25, 0.3) is 0 Å². The minimum atomic E-state index is 0.0805. The van der Waals surface area contributed by atoms with Gasteiger partial charge < -0.3 is 9.47 Å². The fourth-order valence-corrected chi connectivity index (χ4v) is 3.50. The van der Waals surface area contributed by atoms with Gasteiger partial charge in [0.15, 0.2) is 0 Å². The van der Waals surface area contributed by atoms with Gasteiger partial charge in [-0.2, -0.15) is 0 Å². The largest absolute Gasteiger partial charge is 0.492 e. The van der Waals surface area contributed by atoms with Gasteiger partial charge in [-0.15, -0.1) is 0 Å². The van der Waals surface area contributed by atoms with E-state index in [2.05, 4.69) is 9.88 Å². The third kappa shape index (κ3) is 2.42. The van der Waals surface area contributed by atoms with Gasteiger partial charge in [0.1, 0.15) is 5.75 Å². The van der Waals surface area contributed by atoms with Crippen molar-refractivity contribution in [1.82, 2.24) is 9.88 Å². The van der Waals surface area contributed by atoms with Gasteiger partial charge in [0, 0.05) is 38.4 Å². The predicted molar refractivity (Wildman–Crippen MR) is 75.7 cm³/mol. The standard InChI is InChI=1S/C16H22N2O2/c1-2-15(8-17-6-1)19-10-14-5-7-20-16(14)11-18(12-16)9-13-3-4-13/h1-2,6,8,13-14H,3-5,7,9-12H2/t14-/m0/s1. The van der Waals surface area contributed by atoms with Crippen LogP contribution in [0.2, 0.25) is 0 Å². The molecule has 1 aromatic rings. The Labute approximate surface area is 120 Å². The number of hydrogen-bond donors (Lipinski definition) is 0. The second-order valence-corrected chi connectivity index (χ2v) is 6.51. The van der Waals surface area contributed by atoms with E-state index in [1.54, 1.807) is 12.4 Å². The van der Waals surface area contributed by atoms with Crippen molar-refractivity contribution in [2.75, 3.05) is 32.8 Å². The number of aromatic nitrogens is 1. The molecule has 4 heteroatoms. The van der Waals surface area contributed by atoms with E-state index in [0.29, 0.717) is 5.92 Å². The molecule has 0 unspecified atom stereocenters. The van der Waals surface area contributed by atoms with Crippen LogP contribution in [-0.2, 0) is 4.74 Å². The molecular weight excluding hydrogens is 252 g/mol. The van der Waals surface area contributed by atoms with Crippen molar-refractivity contribution in [1.29, 1.82) is 0 Å². The Hall–Kier alpha value is -1.13. The highest BCUT2D eigenvalue weighted by Crippen LogP contribution is 2.42. The second-order valence-electron chi connectivity index (χ2n) is 6.51. The first kappa shape index (κ1) is 12.6. The van der Waals surface area contributed by atoms with E-state index in [-0.39, 0.29) is 5.60 Å². The molecule has 3 fully saturated rings. The molecule has 1 spiro atoms. The Morgan fingerprint density at radius 1 is 1.35 bits per heavy atom. The van der Waals surface area contributed by atoms with Crippen LogP contribution in [0.1, 0.15) is 19.3 Å². The summed E-state index contributed by atoms with van der Waals surface area (Å²) >= 11 is 0. The zero-order valence-electron chi connectivity index (χ0n) is 11.8. The quantitative estimate of drug-likeness (QED) is 0.822. The van der Waals surface area contributed by atoms with Crippen molar-refractivity contribution in [3.63, 3.8) is 0 Å². The van der Waals surface area contributed by atoms with E-state index < -0.39 is 0 Å². The van der Waals surface area contributed by atoms with Gasteiger partial charge in [0.25, 0.3) is 0 Å². The maximum absolute atomic E-state index is 6.07. The highest BCUT2D eigenvalue weighted by molar-refractivity contribution is 5.16. The van der Waals surface area contributed by atoms with Crippen molar-refractivity contribution < 1.29 is 9.47 Å². The average Bonchev–Trinajstić information content (AvgIpc) is 3.15. The van der Waals surface area contributed by atoms with E-state index in [1.165, 1.54) is 19.4 Å². The van der Waals surface area contributed by atoms with Gasteiger partial charge in [-0.3, -0.25) is 9.88 Å². The monoisotopic (exact) mass is 274 g/mol. The molecule has 20 heavy (non-hydrogen) atoms. The van der Waals surface area contributed by atoms with Crippen LogP contribution in [0, 0.1) is 11.8 Å². The molecule has 0 bridgehead atoms. The van der Waals surface area contributed by atoms with E-state index in [0.717, 1.165) is 44.4 Å². The Morgan fingerprint density at radius 3 is 3.00 bits per heavy atom. The highest BCUT2D eigenvalue weighted by Gasteiger charge is 2.53. The minimum absolute atomic E-state index is 0.0805. The lowest BCUT2D eigenvalue weighted by molar-refractivity contribution is -0.138. The summed E-state index contributed by atoms with van der Waals surface area (Å²) in [6.07, 6.45) is 7.53. The maximum atomic E-state index is 6.07. The van der Waals surface area contributed by atoms with Gasteiger partial charge in [-0.05, 0) is 37.3 Å². The fourth-order valence-electron chi connectivity index (χ4n) is 3.50. The number of hydrogen-bond acceptors (Lipinski definition) is 4. The average molecular weight is 274 g/mol. The zero-order valence-corrected chi connectivity index (χ0v) is 11.8. The Balaban J connectivity index is 1.31. The van der Waals surface area contributed by atoms with Gasteiger partial charge in [0.2, 0.25) is 0 Å². The first-order valence-corrected chi connectivity index (χ1v) is 7.73. The molecule has 1 aliphatic carbocycles. The second kappa shape index (κ2) is 5.01. The van der Waals surface area contributed by atoms with Gasteiger partial charge in [-0.1, -0.05) is 0 Å². The van der Waals surface area contributed by atoms with Crippen LogP contribution in [0.5, 0.6) is 5.75 Å². The first-order valence-electron chi connectivity index (χ1n) is 7.73. The van der Waals surface area contributed by atoms with E-state index in [4.69, 9.17) is 9.47 Å². The van der Waals surface area contributed by atoms with Crippen LogP contribution in [-0.4, -0.2) is 48.3 Å². The summed E-state index contributed by atoms with van der Waals surface area (Å²) in [6, 6.07) is 3.88. The number of rotatable bonds is 5. The van der Waals surface area contributed by atoms with E-state index in [1.807, 2.05) is 12.1 Å². The van der Waals surface area contributed by atoms with Crippen LogP contribution in [0.3, 0.4) is 0 Å². The molecule has 1 saturated carbocycles. The number of nitrogens with zero attached hydrogens (tertiary/aromatic N) is 2. The Kier molecular flexibility index (Phi) is 3.15. The summed E-state index contributed by atoms with van der Waals surface area (Å²) < 4.78 is 12.0. The third-order valence-corrected chi connectivity index (χ3v) is 4.88. The number of ether oxygens (including phenoxy) is 2. The highest BCUT2D eigenvalue weighted by atomic mass is 16.5. The number of pyridine rings is 1. The normalized spacial score (nSPS) is 28.5. The van der Waals surface area contributed by atoms with Crippen LogP contribution >= 0.6 is 0 Å². The molecule has 2 aliphatic heterocycles. The first-order chi connectivity index (χ1) is 9.84. The Morgan fingerprint density at radius 2 is 2.25 bits per heavy atom.